The Morgan fingerprint density at radius 1 is 0.903 bits per heavy atom. The lowest BCUT2D eigenvalue weighted by molar-refractivity contribution is -0.119. The lowest BCUT2D eigenvalue weighted by atomic mass is 9.76. The minimum absolute atomic E-state index is 0.0235. The van der Waals surface area contributed by atoms with Gasteiger partial charge in [0.2, 0.25) is 5.91 Å². The van der Waals surface area contributed by atoms with E-state index in [9.17, 15) is 9.59 Å². The van der Waals surface area contributed by atoms with E-state index in [1.54, 1.807) is 32.3 Å². The number of ether oxygens (including phenoxy) is 3. The molecule has 0 saturated heterocycles. The van der Waals surface area contributed by atoms with Crippen LogP contribution in [0.2, 0.25) is 0 Å². The molecule has 0 N–H and O–H groups in total. The molecule has 1 atom stereocenters. The van der Waals surface area contributed by atoms with Gasteiger partial charge in [-0.1, -0.05) is 18.2 Å². The Bertz CT molecular complexity index is 1070. The van der Waals surface area contributed by atoms with Crippen LogP contribution in [-0.2, 0) is 9.59 Å². The Hall–Kier alpha value is -3.28. The van der Waals surface area contributed by atoms with Crippen LogP contribution in [0, 0.1) is 6.92 Å². The second-order valence-corrected chi connectivity index (χ2v) is 7.86. The molecule has 0 spiro atoms. The predicted molar refractivity (Wildman–Crippen MR) is 118 cm³/mol. The molecule has 0 aromatic heterocycles. The van der Waals surface area contributed by atoms with Crippen LogP contribution >= 0.6 is 0 Å². The van der Waals surface area contributed by atoms with Crippen molar-refractivity contribution < 1.29 is 23.8 Å². The maximum atomic E-state index is 13.5. The van der Waals surface area contributed by atoms with Crippen molar-refractivity contribution in [1.29, 1.82) is 0 Å². The van der Waals surface area contributed by atoms with Gasteiger partial charge in [0.1, 0.15) is 5.75 Å². The Labute approximate surface area is 182 Å². The Kier molecular flexibility index (Phi) is 5.72. The first-order valence-corrected chi connectivity index (χ1v) is 10.4. The number of hydrogen-bond donors (Lipinski definition) is 0. The molecule has 1 amide bonds. The third-order valence-corrected chi connectivity index (χ3v) is 6.14. The summed E-state index contributed by atoms with van der Waals surface area (Å²) in [5.41, 5.74) is 4.12. The summed E-state index contributed by atoms with van der Waals surface area (Å²) < 4.78 is 16.5. The first-order chi connectivity index (χ1) is 15.0. The smallest absolute Gasteiger partial charge is 0.232 e. The zero-order valence-corrected chi connectivity index (χ0v) is 18.4. The van der Waals surface area contributed by atoms with Crippen molar-refractivity contribution in [3.05, 3.63) is 58.8 Å². The zero-order valence-electron chi connectivity index (χ0n) is 18.4. The fraction of sp³-hybridized carbons (Fsp3) is 0.360. The predicted octanol–water partition coefficient (Wildman–Crippen LogP) is 4.55. The van der Waals surface area contributed by atoms with Gasteiger partial charge in [0.05, 0.1) is 27.0 Å². The largest absolute Gasteiger partial charge is 0.496 e. The zero-order chi connectivity index (χ0) is 22.1. The van der Waals surface area contributed by atoms with Gasteiger partial charge in [0.15, 0.2) is 17.3 Å². The highest BCUT2D eigenvalue weighted by atomic mass is 16.5. The molecule has 6 heteroatoms. The van der Waals surface area contributed by atoms with Crippen molar-refractivity contribution in [3.8, 4) is 17.2 Å². The number of Topliss-reactive ketones (excluding diaryl/α,β-unsaturated/α-hetero) is 1. The molecule has 31 heavy (non-hydrogen) atoms. The molecule has 2 aromatic carbocycles. The first-order valence-electron chi connectivity index (χ1n) is 10.4. The number of nitrogens with zero attached hydrogens (tertiary/aromatic N) is 1. The average Bonchev–Trinajstić information content (AvgIpc) is 2.78. The fourth-order valence-corrected chi connectivity index (χ4v) is 4.68. The highest BCUT2D eigenvalue weighted by molar-refractivity contribution is 6.07. The molecular weight excluding hydrogens is 394 g/mol. The Morgan fingerprint density at radius 2 is 1.58 bits per heavy atom. The van der Waals surface area contributed by atoms with E-state index in [1.165, 1.54) is 0 Å². The normalized spacial score (nSPS) is 18.7. The molecule has 0 fully saturated rings. The maximum Gasteiger partial charge on any atom is 0.232 e. The van der Waals surface area contributed by atoms with Crippen LogP contribution in [0.5, 0.6) is 17.2 Å². The third kappa shape index (κ3) is 3.56. The summed E-state index contributed by atoms with van der Waals surface area (Å²) in [7, 11) is 4.70. The third-order valence-electron chi connectivity index (χ3n) is 6.14. The van der Waals surface area contributed by atoms with E-state index >= 15 is 0 Å². The van der Waals surface area contributed by atoms with Crippen LogP contribution < -0.4 is 19.1 Å². The topological polar surface area (TPSA) is 65.1 Å². The number of benzene rings is 2. The molecule has 1 aliphatic heterocycles. The molecule has 1 heterocycles. The minimum atomic E-state index is -0.384. The summed E-state index contributed by atoms with van der Waals surface area (Å²) in [4.78, 5) is 28.4. The molecule has 2 aliphatic rings. The number of amides is 1. The Balaban J connectivity index is 1.92. The van der Waals surface area contributed by atoms with E-state index in [2.05, 4.69) is 0 Å². The van der Waals surface area contributed by atoms with Crippen molar-refractivity contribution in [2.75, 3.05) is 26.2 Å². The number of rotatable bonds is 5. The number of allylic oxidation sites excluding steroid dienone is 2. The van der Waals surface area contributed by atoms with Gasteiger partial charge in [0.25, 0.3) is 0 Å². The van der Waals surface area contributed by atoms with Gasteiger partial charge in [0, 0.05) is 41.7 Å². The SMILES string of the molecule is COc1cc(OC)c([C@H]2CC(=O)N(c3ccccc3C)C3=C2C(=O)CCC3)cc1OC. The van der Waals surface area contributed by atoms with Gasteiger partial charge < -0.3 is 14.2 Å². The standard InChI is InChI=1S/C25H27NO5/c1-15-8-5-6-9-18(15)26-19-10-7-11-20(27)25(19)17(13-24(26)28)16-12-22(30-3)23(31-4)14-21(16)29-2/h5-6,8-9,12,14,17H,7,10-11,13H2,1-4H3/t17-/m1/s1. The number of aryl methyl sites for hydroxylation is 1. The van der Waals surface area contributed by atoms with E-state index in [0.29, 0.717) is 35.7 Å². The van der Waals surface area contributed by atoms with E-state index < -0.39 is 0 Å². The van der Waals surface area contributed by atoms with Gasteiger partial charge in [-0.25, -0.2) is 0 Å². The van der Waals surface area contributed by atoms with Crippen LogP contribution in [0.3, 0.4) is 0 Å². The summed E-state index contributed by atoms with van der Waals surface area (Å²) in [6.45, 7) is 1.98. The molecule has 0 saturated carbocycles. The summed E-state index contributed by atoms with van der Waals surface area (Å²) in [5, 5.41) is 0. The summed E-state index contributed by atoms with van der Waals surface area (Å²) >= 11 is 0. The minimum Gasteiger partial charge on any atom is -0.496 e. The second kappa shape index (κ2) is 8.46. The molecule has 162 valence electrons. The van der Waals surface area contributed by atoms with Crippen LogP contribution in [0.4, 0.5) is 5.69 Å². The monoisotopic (exact) mass is 421 g/mol. The second-order valence-electron chi connectivity index (χ2n) is 7.86. The van der Waals surface area contributed by atoms with Crippen molar-refractivity contribution in [3.63, 3.8) is 0 Å². The molecule has 0 bridgehead atoms. The van der Waals surface area contributed by atoms with Crippen molar-refractivity contribution in [2.24, 2.45) is 0 Å². The quantitative estimate of drug-likeness (QED) is 0.709. The van der Waals surface area contributed by atoms with Crippen LogP contribution in [0.15, 0.2) is 47.7 Å². The van der Waals surface area contributed by atoms with Gasteiger partial charge in [-0.2, -0.15) is 0 Å². The maximum absolute atomic E-state index is 13.5. The molecule has 6 nitrogen and oxygen atoms in total. The summed E-state index contributed by atoms with van der Waals surface area (Å²) in [5.74, 6) is 1.34. The molecule has 0 radical (unpaired) electrons. The van der Waals surface area contributed by atoms with Gasteiger partial charge in [-0.3, -0.25) is 14.5 Å². The van der Waals surface area contributed by atoms with Gasteiger partial charge in [-0.15, -0.1) is 0 Å². The number of para-hydroxylation sites is 1. The van der Waals surface area contributed by atoms with Crippen molar-refractivity contribution in [1.82, 2.24) is 0 Å². The highest BCUT2D eigenvalue weighted by Gasteiger charge is 2.41. The van der Waals surface area contributed by atoms with Crippen LogP contribution in [-0.4, -0.2) is 33.0 Å². The summed E-state index contributed by atoms with van der Waals surface area (Å²) in [6, 6.07) is 11.4. The number of ketones is 1. The van der Waals surface area contributed by atoms with Gasteiger partial charge >= 0.3 is 0 Å². The lowest BCUT2D eigenvalue weighted by Gasteiger charge is -2.39. The van der Waals surface area contributed by atoms with E-state index in [4.69, 9.17) is 14.2 Å². The lowest BCUT2D eigenvalue weighted by Crippen LogP contribution is -2.41. The highest BCUT2D eigenvalue weighted by Crippen LogP contribution is 2.48. The first kappa shape index (κ1) is 21.0. The molecule has 2 aromatic rings. The fourth-order valence-electron chi connectivity index (χ4n) is 4.68. The van der Waals surface area contributed by atoms with E-state index in [-0.39, 0.29) is 24.0 Å². The number of anilines is 1. The van der Waals surface area contributed by atoms with Crippen molar-refractivity contribution in [2.45, 2.75) is 38.5 Å². The average molecular weight is 421 g/mol. The number of carbonyl (C=O) groups is 2. The number of carbonyl (C=O) groups excluding carboxylic acids is 2. The Morgan fingerprint density at radius 3 is 2.26 bits per heavy atom. The van der Waals surface area contributed by atoms with Crippen LogP contribution in [0.25, 0.3) is 0 Å². The van der Waals surface area contributed by atoms with E-state index in [1.807, 2.05) is 37.3 Å². The van der Waals surface area contributed by atoms with Gasteiger partial charge in [-0.05, 0) is 37.5 Å². The number of hydrogen-bond acceptors (Lipinski definition) is 5. The van der Waals surface area contributed by atoms with Crippen molar-refractivity contribution >= 4 is 17.4 Å². The van der Waals surface area contributed by atoms with Crippen LogP contribution in [0.1, 0.15) is 42.7 Å². The molecule has 0 unspecified atom stereocenters. The molecular formula is C25H27NO5. The summed E-state index contributed by atoms with van der Waals surface area (Å²) in [6.07, 6.45) is 2.10. The number of methoxy groups -OCH3 is 3. The van der Waals surface area contributed by atoms with E-state index in [0.717, 1.165) is 28.9 Å². The molecule has 4 rings (SSSR count). The molecule has 1 aliphatic carbocycles.